The number of benzene rings is 1. The molecule has 0 amide bonds. The number of hydrogen-bond acceptors (Lipinski definition) is 40. The SMILES string of the molecule is C=S(CC)CCCc1nc(N)c2ncn([C@@H]3O[C@H](COP(O)(=S)OP(=O)(O)OP(=O)(O)O)[C@@H](O)[C@H]3O)c2n1.Nc1ccc(-c2cn3cnc4c(ncn4[C@@H]4O[C@H](CPPP=O)[C@@H](O)[C@H]4O)c3n2)cc1.Nc1ncnc2c1ncn2[C@@H]1COC(CP=O)C(P=O)C1.Nc1ncnc2c1ncn2[C@H]1[C@H](O)[C@H](O)[C@]2(COP(=O)(O)OP(=O)(O)OP(=O)(O)O)C[C@H]12. The summed E-state index contributed by atoms with van der Waals surface area (Å²) in [5, 5.41) is 63.2. The Balaban J connectivity index is 0.000000151. The zero-order chi connectivity index (χ0) is 88.5. The number of phosphoric ester groups is 1. The Morgan fingerprint density at radius 1 is 0.623 bits per heavy atom. The third kappa shape index (κ3) is 22.4. The average Bonchev–Trinajstić information content (AvgIpc) is 1.51. The number of aliphatic hydroxyl groups is 6. The molecule has 65 heteroatoms. The first-order valence-corrected chi connectivity index (χ1v) is 54.0. The molecule has 9 unspecified atom stereocenters. The number of hydrogen-bond donors (Lipinski definition) is 18. The summed E-state index contributed by atoms with van der Waals surface area (Å²) in [6, 6.07) is 6.65. The number of aliphatic hydroxyl groups excluding tert-OH is 6. The molecule has 15 rings (SSSR count). The van der Waals surface area contributed by atoms with Gasteiger partial charge >= 0.3 is 45.8 Å². The first-order valence-electron chi connectivity index (χ1n) is 35.4. The number of nitrogen functional groups attached to an aromatic ring is 4. The van der Waals surface area contributed by atoms with Gasteiger partial charge in [0.2, 0.25) is 0 Å². The van der Waals surface area contributed by atoms with Gasteiger partial charge < -0.3 is 121 Å². The Morgan fingerprint density at radius 3 is 1.80 bits per heavy atom. The standard InChI is InChI=1S/C18H19N6O4P3.C16H28N5O12P3S2.C12H18N5O12P3.C11H13N5O3P2/c19-10-3-1-9(2-4-10)11-5-23-7-21-16-13(17(23)22-11)20-8-24(16)18-15(26)14(25)12(28-18)6-29-31-30-27;1-3-38(2)6-4-5-10-19-14(17)11-15(20-10)21(8-18-11)16-13(23)12(22)9(31-16)7-30-36(29,37)33-35(27,28)32-34(24,25)26;13-10-6-11(15-3-14-10)17(4-16-6)7-5-1-12(5,9(19)8(7)18)2-27-31(23,24)29-32(25,26)28-30(20,21)22;12-10-9-11(14-4-13-10)16(5-15-9)6-1-8(21-18)7(3-20-17)19-2-6/h1-5,7-8,12,14-15,18,25-26,29,31H,6,19H2;8-9,12-13,16,22-23H,2-7H2,1H3,(H,27,28)(H,29,37)(H2,17,19,20)(H2,24,25,26);3-5,7-9,18-19H,1-2H2,(H,23,24)(H,25,26)(H2,13,14,15)(H2,20,21,22);4-8H,1-3H2,(H2,12,13,14)/t12-,14-,15-,18-;9-,12-,13-,16-,36?,38?;5-,7-,8+,9+,12+;6-,7?,8?/m1110/s1. The molecule has 9 aromatic heterocycles. The van der Waals surface area contributed by atoms with Crippen molar-refractivity contribution in [3.8, 4) is 11.3 Å². The van der Waals surface area contributed by atoms with Gasteiger partial charge in [-0.15, -0.1) is 0 Å². The predicted molar refractivity (Wildman–Crippen MR) is 440 cm³/mol. The van der Waals surface area contributed by atoms with Crippen molar-refractivity contribution < 1.29 is 147 Å². The van der Waals surface area contributed by atoms with E-state index >= 15 is 0 Å². The molecule has 3 aliphatic heterocycles. The topological polar surface area (TPSA) is 786 Å². The van der Waals surface area contributed by atoms with Crippen LogP contribution in [0.5, 0.6) is 0 Å². The second kappa shape index (κ2) is 39.2. The molecule has 12 heterocycles. The molecule has 22 N–H and O–H groups in total. The number of nitrogens with zero attached hydrogens (tertiary/aromatic N) is 17. The number of phosphoric acid groups is 5. The molecule has 0 radical (unpaired) electrons. The minimum atomic E-state index is -5.67. The monoisotopic (exact) mass is 1960 g/mol. The fraction of sp³-hybridized carbons (Fsp3) is 0.491. The molecular weight excluding hydrogens is 1880 g/mol. The predicted octanol–water partition coefficient (Wildman–Crippen LogP) is 3.29. The number of ether oxygens (including phenoxy) is 3. The van der Waals surface area contributed by atoms with Crippen LogP contribution < -0.4 is 22.9 Å². The van der Waals surface area contributed by atoms with Gasteiger partial charge in [-0.3, -0.25) is 31.8 Å². The van der Waals surface area contributed by atoms with Crippen molar-refractivity contribution in [3.05, 3.63) is 80.6 Å². The highest BCUT2D eigenvalue weighted by atomic mass is 32.5. The van der Waals surface area contributed by atoms with Crippen molar-refractivity contribution in [1.29, 1.82) is 0 Å². The zero-order valence-corrected chi connectivity index (χ0v) is 74.2. The van der Waals surface area contributed by atoms with Gasteiger partial charge in [0.05, 0.1) is 93.0 Å². The van der Waals surface area contributed by atoms with E-state index in [2.05, 4.69) is 101 Å². The van der Waals surface area contributed by atoms with Gasteiger partial charge in [0.15, 0.2) is 88.7 Å². The highest BCUT2D eigenvalue weighted by molar-refractivity contribution is 8.40. The highest BCUT2D eigenvalue weighted by Gasteiger charge is 2.72. The summed E-state index contributed by atoms with van der Waals surface area (Å²) in [6.45, 7) is -3.59. The third-order valence-corrected chi connectivity index (χ3v) is 35.5. The van der Waals surface area contributed by atoms with Crippen LogP contribution in [0.2, 0.25) is 0 Å². The molecule has 23 atom stereocenters. The largest absolute Gasteiger partial charge is 0.490 e. The summed E-state index contributed by atoms with van der Waals surface area (Å²) in [7, 11) is -26.7. The van der Waals surface area contributed by atoms with Crippen LogP contribution in [0.1, 0.15) is 56.6 Å². The molecular formula is C57H78N21O31P11S2. The number of nitrogens with two attached hydrogens (primary N) is 4. The van der Waals surface area contributed by atoms with Gasteiger partial charge in [0.1, 0.15) is 78.0 Å². The van der Waals surface area contributed by atoms with E-state index in [0.29, 0.717) is 91.0 Å². The molecule has 5 fully saturated rings. The Morgan fingerprint density at radius 2 is 1.19 bits per heavy atom. The highest BCUT2D eigenvalue weighted by Crippen LogP contribution is 2.72. The number of imidazole rings is 5. The maximum Gasteiger partial charge on any atom is 0.490 e. The van der Waals surface area contributed by atoms with E-state index in [1.807, 2.05) is 35.0 Å². The molecule has 664 valence electrons. The molecule has 0 spiro atoms. The molecule has 5 aliphatic rings. The number of anilines is 4. The van der Waals surface area contributed by atoms with Crippen molar-refractivity contribution in [3.63, 3.8) is 0 Å². The Bertz CT molecular complexity index is 5820. The van der Waals surface area contributed by atoms with Crippen LogP contribution in [0.4, 0.5) is 23.1 Å². The number of aromatic nitrogens is 17. The molecule has 1 aromatic carbocycles. The summed E-state index contributed by atoms with van der Waals surface area (Å²) < 4.78 is 139. The van der Waals surface area contributed by atoms with Crippen molar-refractivity contribution in [2.45, 2.75) is 118 Å². The van der Waals surface area contributed by atoms with E-state index in [1.54, 1.807) is 27.9 Å². The fourth-order valence-electron chi connectivity index (χ4n) is 13.8. The summed E-state index contributed by atoms with van der Waals surface area (Å²) >= 11 is 4.55. The summed E-state index contributed by atoms with van der Waals surface area (Å²) in [5.74, 6) is 6.46. The summed E-state index contributed by atoms with van der Waals surface area (Å²) in [5.41, 5.74) is 28.2. The average molecular weight is 1960 g/mol. The van der Waals surface area contributed by atoms with Crippen LogP contribution in [0.25, 0.3) is 61.6 Å². The van der Waals surface area contributed by atoms with Gasteiger partial charge in [-0.05, 0) is 74.7 Å². The van der Waals surface area contributed by atoms with Crippen LogP contribution in [-0.4, -0.2) is 262 Å². The lowest BCUT2D eigenvalue weighted by molar-refractivity contribution is -0.0486. The van der Waals surface area contributed by atoms with Crippen molar-refractivity contribution in [2.75, 3.05) is 66.6 Å². The van der Waals surface area contributed by atoms with E-state index in [-0.39, 0.29) is 96.1 Å². The van der Waals surface area contributed by atoms with Crippen LogP contribution in [0.15, 0.2) is 74.8 Å². The van der Waals surface area contributed by atoms with E-state index < -0.39 is 138 Å². The maximum absolute atomic E-state index is 12.0. The fourth-order valence-corrected chi connectivity index (χ4v) is 26.2. The van der Waals surface area contributed by atoms with Crippen molar-refractivity contribution in [1.82, 2.24) is 82.5 Å². The minimum absolute atomic E-state index is 0.00176. The van der Waals surface area contributed by atoms with Crippen molar-refractivity contribution >= 4 is 189 Å². The third-order valence-electron chi connectivity index (χ3n) is 19.5. The Hall–Kier alpha value is -5.58. The second-order valence-corrected chi connectivity index (χ2v) is 46.8. The van der Waals surface area contributed by atoms with Gasteiger partial charge in [-0.1, -0.05) is 33.2 Å². The Kier molecular flexibility index (Phi) is 30.7. The minimum Gasteiger partial charge on any atom is -0.399 e. The van der Waals surface area contributed by atoms with Crippen LogP contribution in [-0.2, 0) is 95.2 Å². The van der Waals surface area contributed by atoms with E-state index in [1.165, 1.54) is 34.4 Å². The second-order valence-electron chi connectivity index (χ2n) is 27.4. The molecule has 0 bridgehead atoms. The maximum atomic E-state index is 12.0. The molecule has 2 saturated carbocycles. The quantitative estimate of drug-likeness (QED) is 0.0128. The van der Waals surface area contributed by atoms with Crippen LogP contribution >= 0.6 is 97.6 Å². The first kappa shape index (κ1) is 95.5. The summed E-state index contributed by atoms with van der Waals surface area (Å²) in [6.07, 6.45) is 2.73. The smallest absolute Gasteiger partial charge is 0.399 e. The van der Waals surface area contributed by atoms with Crippen LogP contribution in [0.3, 0.4) is 0 Å². The van der Waals surface area contributed by atoms with E-state index in [0.717, 1.165) is 29.2 Å². The molecule has 3 saturated heterocycles. The lowest BCUT2D eigenvalue weighted by atomic mass is 10.0. The summed E-state index contributed by atoms with van der Waals surface area (Å²) in [4.78, 5) is 124. The van der Waals surface area contributed by atoms with Crippen LogP contribution in [0, 0.1) is 11.3 Å². The number of aryl methyl sites for hydroxylation is 1. The molecule has 122 heavy (non-hydrogen) atoms. The lowest BCUT2D eigenvalue weighted by Crippen LogP contribution is -2.37. The van der Waals surface area contributed by atoms with Gasteiger partial charge in [-0.25, -0.2) is 86.9 Å². The number of fused-ring (bicyclic) bond motifs is 7. The van der Waals surface area contributed by atoms with Gasteiger partial charge in [0.25, 0.3) is 0 Å². The molecule has 52 nitrogen and oxygen atoms in total. The number of rotatable bonds is 31. The normalized spacial score (nSPS) is 27.8. The van der Waals surface area contributed by atoms with Gasteiger partial charge in [-0.2, -0.15) is 23.4 Å². The van der Waals surface area contributed by atoms with E-state index in [9.17, 15) is 86.7 Å². The Labute approximate surface area is 701 Å². The van der Waals surface area contributed by atoms with Gasteiger partial charge in [0, 0.05) is 29.3 Å². The lowest BCUT2D eigenvalue weighted by Gasteiger charge is -2.32. The molecule has 10 aromatic rings. The molecule has 2 aliphatic carbocycles. The van der Waals surface area contributed by atoms with Crippen molar-refractivity contribution in [2.24, 2.45) is 11.3 Å². The van der Waals surface area contributed by atoms with E-state index in [4.69, 9.17) is 66.2 Å². The zero-order valence-electron chi connectivity index (χ0n) is 62.5. The first-order chi connectivity index (χ1) is 57.5.